The van der Waals surface area contributed by atoms with Crippen molar-refractivity contribution in [3.8, 4) is 0 Å². The molecule has 0 fully saturated rings. The molecule has 0 unspecified atom stereocenters. The van der Waals surface area contributed by atoms with E-state index in [9.17, 15) is 23.1 Å². The minimum absolute atomic E-state index is 0. The number of hydrogen-bond donors (Lipinski definition) is 1. The molecule has 0 saturated heterocycles. The second-order valence-corrected chi connectivity index (χ2v) is 6.84. The molecular weight excluding hydrogens is 310 g/mol. The van der Waals surface area contributed by atoms with E-state index in [1.807, 2.05) is 0 Å². The maximum absolute atomic E-state index is 11.6. The van der Waals surface area contributed by atoms with Gasteiger partial charge in [0.25, 0.3) is 0 Å². The fourth-order valence-corrected chi connectivity index (χ4v) is 3.10. The van der Waals surface area contributed by atoms with Gasteiger partial charge in [-0.2, -0.15) is 0 Å². The summed E-state index contributed by atoms with van der Waals surface area (Å²) in [5.74, 6) is -2.90. The van der Waals surface area contributed by atoms with Crippen molar-refractivity contribution in [2.24, 2.45) is 0 Å². The topological polar surface area (TPSA) is 160 Å². The monoisotopic (exact) mass is 325 g/mol. The first-order valence-electron chi connectivity index (χ1n) is 4.86. The average Bonchev–Trinajstić information content (AvgIpc) is 2.74. The summed E-state index contributed by atoms with van der Waals surface area (Å²) in [5, 5.41) is 17.3. The van der Waals surface area contributed by atoms with Gasteiger partial charge in [-0.3, -0.25) is 4.90 Å². The normalized spacial score (nSPS) is 10.6. The molecule has 0 aliphatic rings. The number of nitrogens with zero attached hydrogens (tertiary/aromatic N) is 4. The summed E-state index contributed by atoms with van der Waals surface area (Å²) in [6.07, 6.45) is 0. The number of quaternary nitrogens is 1. The first kappa shape index (κ1) is 18.2. The number of rotatable bonds is 4. The molecule has 2 amide bonds. The number of amides is 2. The zero-order valence-corrected chi connectivity index (χ0v) is 13.0. The van der Waals surface area contributed by atoms with E-state index in [1.54, 1.807) is 0 Å². The summed E-state index contributed by atoms with van der Waals surface area (Å²) >= 11 is 0.613. The van der Waals surface area contributed by atoms with E-state index in [0.717, 1.165) is 4.90 Å². The third-order valence-corrected chi connectivity index (χ3v) is 4.96. The van der Waals surface area contributed by atoms with Gasteiger partial charge in [0.15, 0.2) is 0 Å². The van der Waals surface area contributed by atoms with Crippen molar-refractivity contribution >= 4 is 38.3 Å². The number of aliphatic carboxylic acids is 1. The number of hydrogen-bond acceptors (Lipinski definition) is 8. The number of aromatic nitrogens is 2. The Bertz CT molecular complexity index is 596. The lowest BCUT2D eigenvalue weighted by molar-refractivity contribution is -0.301. The Morgan fingerprint density at radius 2 is 1.80 bits per heavy atom. The molecule has 1 aromatic rings. The number of carbonyl (C=O) groups is 2. The minimum Gasteiger partial charge on any atom is -0.549 e. The van der Waals surface area contributed by atoms with Gasteiger partial charge in [-0.25, -0.2) is 13.2 Å². The van der Waals surface area contributed by atoms with Crippen LogP contribution in [0.4, 0.5) is 9.93 Å². The molecule has 0 bridgehead atoms. The zero-order chi connectivity index (χ0) is 14.8. The molecule has 1 heterocycles. The van der Waals surface area contributed by atoms with Crippen molar-refractivity contribution in [1.82, 2.24) is 21.2 Å². The molecule has 0 spiro atoms. The standard InChI is InChI=1S/C8H12N4O5S2.H3N/c1-11(2)8(15)12(3)6-9-10-7(18-6)19(16,17)4-5(13)14;/h4H2,1-3H3,(H,13,14);1H3. The highest BCUT2D eigenvalue weighted by molar-refractivity contribution is 7.94. The van der Waals surface area contributed by atoms with Crippen molar-refractivity contribution in [3.63, 3.8) is 0 Å². The van der Waals surface area contributed by atoms with Crippen LogP contribution in [0.1, 0.15) is 0 Å². The molecule has 0 aliphatic heterocycles. The maximum atomic E-state index is 11.6. The van der Waals surface area contributed by atoms with Crippen molar-refractivity contribution in [3.05, 3.63) is 0 Å². The molecular formula is C8H15N5O5S2. The molecule has 0 saturated carbocycles. The highest BCUT2D eigenvalue weighted by atomic mass is 32.2. The molecule has 0 aromatic carbocycles. The molecule has 0 atom stereocenters. The number of sulfone groups is 1. The van der Waals surface area contributed by atoms with E-state index in [2.05, 4.69) is 10.2 Å². The van der Waals surface area contributed by atoms with Crippen molar-refractivity contribution in [1.29, 1.82) is 0 Å². The summed E-state index contributed by atoms with van der Waals surface area (Å²) in [5.41, 5.74) is 0. The maximum Gasteiger partial charge on any atom is 0.325 e. The lowest BCUT2D eigenvalue weighted by Gasteiger charge is -2.18. The molecule has 10 nitrogen and oxygen atoms in total. The highest BCUT2D eigenvalue weighted by Gasteiger charge is 2.24. The predicted molar refractivity (Wildman–Crippen MR) is 70.4 cm³/mol. The smallest absolute Gasteiger partial charge is 0.325 e. The van der Waals surface area contributed by atoms with Crippen LogP contribution in [-0.2, 0) is 14.6 Å². The van der Waals surface area contributed by atoms with Crippen LogP contribution in [0.15, 0.2) is 4.34 Å². The van der Waals surface area contributed by atoms with Crippen LogP contribution in [0.3, 0.4) is 0 Å². The van der Waals surface area contributed by atoms with Gasteiger partial charge in [0, 0.05) is 21.1 Å². The summed E-state index contributed by atoms with van der Waals surface area (Å²) in [4.78, 5) is 24.3. The molecule has 12 heteroatoms. The van der Waals surface area contributed by atoms with Crippen LogP contribution in [0, 0.1) is 0 Å². The van der Waals surface area contributed by atoms with Crippen LogP contribution in [-0.4, -0.2) is 62.4 Å². The Balaban J connectivity index is 0.00000361. The van der Waals surface area contributed by atoms with Crippen molar-refractivity contribution < 1.29 is 23.1 Å². The van der Waals surface area contributed by atoms with E-state index in [-0.39, 0.29) is 11.3 Å². The Morgan fingerprint density at radius 1 is 1.25 bits per heavy atom. The van der Waals surface area contributed by atoms with Crippen LogP contribution in [0.25, 0.3) is 0 Å². The van der Waals surface area contributed by atoms with E-state index in [0.29, 0.717) is 11.3 Å². The first-order chi connectivity index (χ1) is 8.65. The van der Waals surface area contributed by atoms with Gasteiger partial charge in [0.05, 0.1) is 11.7 Å². The quantitative estimate of drug-likeness (QED) is 0.663. The second kappa shape index (κ2) is 6.58. The Hall–Kier alpha value is -1.79. The Kier molecular flexibility index (Phi) is 5.99. The summed E-state index contributed by atoms with van der Waals surface area (Å²) in [6, 6.07) is -0.417. The zero-order valence-electron chi connectivity index (χ0n) is 11.4. The van der Waals surface area contributed by atoms with Gasteiger partial charge in [0.2, 0.25) is 19.3 Å². The lowest BCUT2D eigenvalue weighted by atomic mass is 10.7. The Labute approximate surface area is 119 Å². The van der Waals surface area contributed by atoms with Gasteiger partial charge in [0.1, 0.15) is 0 Å². The SMILES string of the molecule is CN(C)C(=O)N(C)c1nnc(S(=O)(=O)CC(=O)[O-])s1.[NH4+]. The predicted octanol–water partition coefficient (Wildman–Crippen LogP) is -1.44. The third kappa shape index (κ3) is 4.11. The average molecular weight is 325 g/mol. The van der Waals surface area contributed by atoms with E-state index in [1.165, 1.54) is 26.0 Å². The number of anilines is 1. The van der Waals surface area contributed by atoms with Gasteiger partial charge < -0.3 is 21.0 Å². The van der Waals surface area contributed by atoms with Gasteiger partial charge in [-0.1, -0.05) is 11.3 Å². The number of carboxylic acids is 1. The summed E-state index contributed by atoms with van der Waals surface area (Å²) in [7, 11) is 0.357. The minimum atomic E-state index is -4.09. The molecule has 1 rings (SSSR count). The summed E-state index contributed by atoms with van der Waals surface area (Å²) < 4.78 is 22.6. The lowest BCUT2D eigenvalue weighted by Crippen LogP contribution is -2.36. The van der Waals surface area contributed by atoms with Crippen LogP contribution in [0.2, 0.25) is 0 Å². The second-order valence-electron chi connectivity index (χ2n) is 3.72. The summed E-state index contributed by atoms with van der Waals surface area (Å²) in [6.45, 7) is 0. The van der Waals surface area contributed by atoms with Crippen LogP contribution in [0.5, 0.6) is 0 Å². The van der Waals surface area contributed by atoms with Crippen LogP contribution >= 0.6 is 11.3 Å². The molecule has 1 aromatic heterocycles. The fourth-order valence-electron chi connectivity index (χ4n) is 1.06. The van der Waals surface area contributed by atoms with Crippen molar-refractivity contribution in [2.75, 3.05) is 31.8 Å². The molecule has 4 N–H and O–H groups in total. The van der Waals surface area contributed by atoms with Crippen LogP contribution < -0.4 is 16.2 Å². The van der Waals surface area contributed by atoms with E-state index >= 15 is 0 Å². The van der Waals surface area contributed by atoms with Gasteiger partial charge in [-0.15, -0.1) is 10.2 Å². The van der Waals surface area contributed by atoms with E-state index < -0.39 is 31.9 Å². The molecule has 114 valence electrons. The Morgan fingerprint density at radius 3 is 2.25 bits per heavy atom. The number of carboxylic acid groups (broad SMARTS) is 1. The molecule has 0 radical (unpaired) electrons. The highest BCUT2D eigenvalue weighted by Crippen LogP contribution is 2.24. The van der Waals surface area contributed by atoms with Gasteiger partial charge >= 0.3 is 6.03 Å². The van der Waals surface area contributed by atoms with Gasteiger partial charge in [-0.05, 0) is 0 Å². The van der Waals surface area contributed by atoms with Crippen molar-refractivity contribution in [2.45, 2.75) is 4.34 Å². The third-order valence-electron chi connectivity index (χ3n) is 1.93. The van der Waals surface area contributed by atoms with E-state index in [4.69, 9.17) is 0 Å². The largest absolute Gasteiger partial charge is 0.549 e. The number of carbonyl (C=O) groups excluding carboxylic acids is 2. The first-order valence-corrected chi connectivity index (χ1v) is 7.33. The molecule has 0 aliphatic carbocycles. The fraction of sp³-hybridized carbons (Fsp3) is 0.500. The number of urea groups is 1. The molecule has 20 heavy (non-hydrogen) atoms.